The van der Waals surface area contributed by atoms with Crippen LogP contribution < -0.4 is 0 Å². The Labute approximate surface area is 57.8 Å². The average Bonchev–Trinajstić information content (AvgIpc) is 1.77. The fraction of sp³-hybridized carbons (Fsp3) is 0.667. The van der Waals surface area contributed by atoms with Crippen molar-refractivity contribution in [2.75, 3.05) is 6.61 Å². The lowest BCUT2D eigenvalue weighted by molar-refractivity contribution is -0.150. The van der Waals surface area contributed by atoms with Crippen molar-refractivity contribution in [3.8, 4) is 0 Å². The van der Waals surface area contributed by atoms with E-state index in [4.69, 9.17) is 9.84 Å². The molecule has 10 heavy (non-hydrogen) atoms. The molecule has 0 spiro atoms. The van der Waals surface area contributed by atoms with E-state index in [2.05, 4.69) is 0 Å². The zero-order valence-electron chi connectivity index (χ0n) is 5.37. The molecule has 1 saturated carbocycles. The van der Waals surface area contributed by atoms with Crippen LogP contribution in [-0.4, -0.2) is 29.6 Å². The van der Waals surface area contributed by atoms with E-state index in [-0.39, 0.29) is 18.5 Å². The lowest BCUT2D eigenvalue weighted by Crippen LogP contribution is -2.32. The van der Waals surface area contributed by atoms with Crippen LogP contribution in [0.15, 0.2) is 0 Å². The number of rotatable bonds is 3. The molecule has 1 N–H and O–H groups in total. The maximum Gasteiger partial charge on any atom is 0.329 e. The highest BCUT2D eigenvalue weighted by molar-refractivity contribution is 5.85. The van der Waals surface area contributed by atoms with E-state index in [0.29, 0.717) is 12.8 Å². The summed E-state index contributed by atoms with van der Waals surface area (Å²) >= 11 is 0. The normalized spacial score (nSPS) is 18.6. The third-order valence-corrected chi connectivity index (χ3v) is 1.35. The van der Waals surface area contributed by atoms with Gasteiger partial charge in [0.2, 0.25) is 0 Å². The second-order valence-corrected chi connectivity index (χ2v) is 2.27. The van der Waals surface area contributed by atoms with Gasteiger partial charge in [0.05, 0.1) is 6.10 Å². The number of carbonyl (C=O) groups excluding carboxylic acids is 1. The number of hydrogen-bond acceptors (Lipinski definition) is 3. The largest absolute Gasteiger partial charge is 0.480 e. The molecule has 0 aromatic rings. The highest BCUT2D eigenvalue weighted by Gasteiger charge is 2.27. The molecule has 56 valence electrons. The lowest BCUT2D eigenvalue weighted by atomic mass is 9.94. The van der Waals surface area contributed by atoms with Crippen molar-refractivity contribution in [1.82, 2.24) is 0 Å². The van der Waals surface area contributed by atoms with Gasteiger partial charge in [-0.15, -0.1) is 0 Å². The van der Waals surface area contributed by atoms with Crippen LogP contribution in [0.1, 0.15) is 12.8 Å². The minimum absolute atomic E-state index is 0.136. The van der Waals surface area contributed by atoms with Crippen molar-refractivity contribution in [2.24, 2.45) is 0 Å². The summed E-state index contributed by atoms with van der Waals surface area (Å²) in [6, 6.07) is 0. The zero-order chi connectivity index (χ0) is 7.56. The summed E-state index contributed by atoms with van der Waals surface area (Å²) in [6.45, 7) is -0.294. The Morgan fingerprint density at radius 2 is 2.30 bits per heavy atom. The van der Waals surface area contributed by atoms with Crippen LogP contribution in [0.4, 0.5) is 0 Å². The molecule has 0 aliphatic heterocycles. The van der Waals surface area contributed by atoms with Crippen molar-refractivity contribution < 1.29 is 19.4 Å². The van der Waals surface area contributed by atoms with Gasteiger partial charge in [-0.05, 0) is 0 Å². The van der Waals surface area contributed by atoms with Crippen LogP contribution in [0.25, 0.3) is 0 Å². The molecule has 1 fully saturated rings. The number of ether oxygens (including phenoxy) is 1. The summed E-state index contributed by atoms with van der Waals surface area (Å²) in [5.41, 5.74) is 0. The predicted molar refractivity (Wildman–Crippen MR) is 31.6 cm³/mol. The molecular formula is C6H8O4. The quantitative estimate of drug-likeness (QED) is 0.596. The predicted octanol–water partition coefficient (Wildman–Crippen LogP) is -0.181. The molecule has 0 aromatic carbocycles. The standard InChI is InChI=1S/C6H8O4/c7-4-1-5(2-4)10-3-6(8)9/h5H,1-3H2,(H,8,9). The zero-order valence-corrected chi connectivity index (χ0v) is 5.37. The number of hydrogen-bond donors (Lipinski definition) is 1. The SMILES string of the molecule is O=C(O)COC1CC(=O)C1. The van der Waals surface area contributed by atoms with Gasteiger partial charge in [-0.2, -0.15) is 0 Å². The van der Waals surface area contributed by atoms with E-state index in [1.165, 1.54) is 0 Å². The van der Waals surface area contributed by atoms with E-state index in [0.717, 1.165) is 0 Å². The van der Waals surface area contributed by atoms with E-state index in [9.17, 15) is 9.59 Å². The number of aliphatic carboxylic acids is 1. The summed E-state index contributed by atoms with van der Waals surface area (Å²) in [5.74, 6) is -0.838. The van der Waals surface area contributed by atoms with Crippen LogP contribution in [0.3, 0.4) is 0 Å². The molecule has 0 radical (unpaired) electrons. The van der Waals surface area contributed by atoms with Gasteiger partial charge in [0, 0.05) is 12.8 Å². The van der Waals surface area contributed by atoms with Crippen molar-refractivity contribution in [1.29, 1.82) is 0 Å². The van der Waals surface area contributed by atoms with Crippen LogP contribution >= 0.6 is 0 Å². The number of carboxylic acid groups (broad SMARTS) is 1. The van der Waals surface area contributed by atoms with Crippen molar-refractivity contribution >= 4 is 11.8 Å². The van der Waals surface area contributed by atoms with E-state index in [1.54, 1.807) is 0 Å². The number of Topliss-reactive ketones (excluding diaryl/α,β-unsaturated/α-hetero) is 1. The molecule has 0 amide bonds. The average molecular weight is 144 g/mol. The fourth-order valence-electron chi connectivity index (χ4n) is 0.755. The Hall–Kier alpha value is -0.900. The molecule has 0 atom stereocenters. The first kappa shape index (κ1) is 7.21. The molecule has 0 unspecified atom stereocenters. The molecule has 0 aromatic heterocycles. The Balaban J connectivity index is 2.05. The smallest absolute Gasteiger partial charge is 0.329 e. The third kappa shape index (κ3) is 1.80. The van der Waals surface area contributed by atoms with E-state index >= 15 is 0 Å². The molecule has 0 heterocycles. The molecule has 4 heteroatoms. The molecule has 1 rings (SSSR count). The first-order valence-corrected chi connectivity index (χ1v) is 3.03. The minimum atomic E-state index is -0.987. The van der Waals surface area contributed by atoms with Gasteiger partial charge in [-0.25, -0.2) is 4.79 Å². The Bertz CT molecular complexity index is 155. The Morgan fingerprint density at radius 3 is 2.70 bits per heavy atom. The van der Waals surface area contributed by atoms with Gasteiger partial charge in [0.25, 0.3) is 0 Å². The van der Waals surface area contributed by atoms with Gasteiger partial charge in [0.15, 0.2) is 0 Å². The summed E-state index contributed by atoms with van der Waals surface area (Å²) in [7, 11) is 0. The third-order valence-electron chi connectivity index (χ3n) is 1.35. The highest BCUT2D eigenvalue weighted by atomic mass is 16.5. The molecular weight excluding hydrogens is 136 g/mol. The Morgan fingerprint density at radius 1 is 1.70 bits per heavy atom. The first-order chi connectivity index (χ1) is 4.68. The monoisotopic (exact) mass is 144 g/mol. The molecule has 0 saturated heterocycles. The number of ketones is 1. The first-order valence-electron chi connectivity index (χ1n) is 3.03. The molecule has 1 aliphatic rings. The van der Waals surface area contributed by atoms with Crippen LogP contribution in [-0.2, 0) is 14.3 Å². The maximum absolute atomic E-state index is 10.3. The van der Waals surface area contributed by atoms with Gasteiger partial charge < -0.3 is 9.84 Å². The minimum Gasteiger partial charge on any atom is -0.480 e. The second kappa shape index (κ2) is 2.79. The van der Waals surface area contributed by atoms with Crippen LogP contribution in [0, 0.1) is 0 Å². The summed E-state index contributed by atoms with van der Waals surface area (Å²) < 4.78 is 4.79. The lowest BCUT2D eigenvalue weighted by Gasteiger charge is -2.22. The Kier molecular flexibility index (Phi) is 2.01. The highest BCUT2D eigenvalue weighted by Crippen LogP contribution is 2.17. The second-order valence-electron chi connectivity index (χ2n) is 2.27. The number of carboxylic acids is 1. The van der Waals surface area contributed by atoms with Gasteiger partial charge in [-0.3, -0.25) is 4.79 Å². The van der Waals surface area contributed by atoms with Crippen LogP contribution in [0.5, 0.6) is 0 Å². The molecule has 1 aliphatic carbocycles. The summed E-state index contributed by atoms with van der Waals surface area (Å²) in [4.78, 5) is 20.2. The molecule has 0 bridgehead atoms. The van der Waals surface area contributed by atoms with Crippen LogP contribution in [0.2, 0.25) is 0 Å². The summed E-state index contributed by atoms with van der Waals surface area (Å²) in [5, 5.41) is 8.14. The van der Waals surface area contributed by atoms with Gasteiger partial charge >= 0.3 is 5.97 Å². The molecule has 4 nitrogen and oxygen atoms in total. The number of carbonyl (C=O) groups is 2. The van der Waals surface area contributed by atoms with E-state index in [1.807, 2.05) is 0 Å². The topological polar surface area (TPSA) is 63.6 Å². The van der Waals surface area contributed by atoms with Crippen molar-refractivity contribution in [3.05, 3.63) is 0 Å². The fourth-order valence-corrected chi connectivity index (χ4v) is 0.755. The summed E-state index contributed by atoms with van der Waals surface area (Å²) in [6.07, 6.45) is 0.629. The van der Waals surface area contributed by atoms with Crippen molar-refractivity contribution in [3.63, 3.8) is 0 Å². The van der Waals surface area contributed by atoms with E-state index < -0.39 is 5.97 Å². The van der Waals surface area contributed by atoms with Crippen molar-refractivity contribution in [2.45, 2.75) is 18.9 Å². The van der Waals surface area contributed by atoms with Gasteiger partial charge in [-0.1, -0.05) is 0 Å². The maximum atomic E-state index is 10.3. The van der Waals surface area contributed by atoms with Gasteiger partial charge in [0.1, 0.15) is 12.4 Å².